The molecule has 174 valence electrons. The maximum absolute atomic E-state index is 12.8. The highest BCUT2D eigenvalue weighted by Crippen LogP contribution is 2.32. The number of nitrogens with one attached hydrogen (secondary N) is 1. The predicted molar refractivity (Wildman–Crippen MR) is 132 cm³/mol. The van der Waals surface area contributed by atoms with Crippen molar-refractivity contribution < 1.29 is 19.0 Å². The molecule has 5 rings (SSSR count). The number of hydrogen-bond acceptors (Lipinski definition) is 5. The van der Waals surface area contributed by atoms with Crippen LogP contribution in [0.1, 0.15) is 16.7 Å². The molecule has 35 heavy (non-hydrogen) atoms. The number of nitrogens with zero attached hydrogens (tertiary/aromatic N) is 2. The minimum Gasteiger partial charge on any atom is -0.497 e. The molecule has 0 bridgehead atoms. The van der Waals surface area contributed by atoms with E-state index in [1.165, 1.54) is 0 Å². The topological polar surface area (TPSA) is 85.5 Å². The molecule has 0 spiro atoms. The first kappa shape index (κ1) is 22.1. The van der Waals surface area contributed by atoms with Gasteiger partial charge in [0.05, 0.1) is 7.11 Å². The number of fused-ring (bicyclic) bond motifs is 2. The zero-order valence-electron chi connectivity index (χ0n) is 19.2. The SMILES string of the molecule is COc1cccc(Cn2cc(C=C(C#N)C(=O)NCc3ccc4c(c3)OCO4)c3ccccc32)c1. The molecule has 0 atom stereocenters. The van der Waals surface area contributed by atoms with Crippen LogP contribution < -0.4 is 19.5 Å². The third-order valence-electron chi connectivity index (χ3n) is 5.86. The van der Waals surface area contributed by atoms with Crippen LogP contribution >= 0.6 is 0 Å². The van der Waals surface area contributed by atoms with Gasteiger partial charge in [-0.1, -0.05) is 36.4 Å². The molecule has 0 saturated heterocycles. The summed E-state index contributed by atoms with van der Waals surface area (Å²) in [5.41, 5.74) is 3.80. The fourth-order valence-electron chi connectivity index (χ4n) is 4.12. The molecule has 3 aromatic carbocycles. The number of para-hydroxylation sites is 1. The minimum atomic E-state index is -0.435. The van der Waals surface area contributed by atoms with Crippen LogP contribution in [-0.4, -0.2) is 24.4 Å². The molecular weight excluding hydrogens is 442 g/mol. The van der Waals surface area contributed by atoms with E-state index in [4.69, 9.17) is 14.2 Å². The van der Waals surface area contributed by atoms with E-state index in [-0.39, 0.29) is 18.9 Å². The largest absolute Gasteiger partial charge is 0.497 e. The number of nitriles is 1. The van der Waals surface area contributed by atoms with Crippen molar-refractivity contribution in [2.75, 3.05) is 13.9 Å². The highest BCUT2D eigenvalue weighted by molar-refractivity contribution is 6.04. The summed E-state index contributed by atoms with van der Waals surface area (Å²) >= 11 is 0. The van der Waals surface area contributed by atoms with Crippen LogP contribution in [0.25, 0.3) is 17.0 Å². The van der Waals surface area contributed by atoms with E-state index in [0.717, 1.165) is 33.3 Å². The molecule has 1 amide bonds. The Hall–Kier alpha value is -4.70. The standard InChI is InChI=1S/C28H23N3O4/c1-33-23-6-4-5-20(11-23)16-31-17-22(24-7-2-3-8-25(24)31)13-21(14-29)28(32)30-15-19-9-10-26-27(12-19)35-18-34-26/h2-13,17H,15-16,18H2,1H3,(H,30,32). The molecule has 2 heterocycles. The minimum absolute atomic E-state index is 0.0371. The number of ether oxygens (including phenoxy) is 3. The Morgan fingerprint density at radius 1 is 1.09 bits per heavy atom. The van der Waals surface area contributed by atoms with Crippen LogP contribution in [0.3, 0.4) is 0 Å². The van der Waals surface area contributed by atoms with E-state index >= 15 is 0 Å². The zero-order chi connectivity index (χ0) is 24.2. The maximum atomic E-state index is 12.8. The quantitative estimate of drug-likeness (QED) is 0.317. The normalized spacial score (nSPS) is 12.4. The van der Waals surface area contributed by atoms with Crippen molar-refractivity contribution in [1.82, 2.24) is 9.88 Å². The van der Waals surface area contributed by atoms with Crippen LogP contribution in [0, 0.1) is 11.3 Å². The van der Waals surface area contributed by atoms with Crippen LogP contribution in [0.15, 0.2) is 78.5 Å². The van der Waals surface area contributed by atoms with Gasteiger partial charge >= 0.3 is 0 Å². The summed E-state index contributed by atoms with van der Waals surface area (Å²) in [7, 11) is 1.65. The number of carbonyl (C=O) groups excluding carboxylic acids is 1. The summed E-state index contributed by atoms with van der Waals surface area (Å²) in [6.07, 6.45) is 3.60. The van der Waals surface area contributed by atoms with Crippen molar-refractivity contribution in [3.8, 4) is 23.3 Å². The number of hydrogen-bond donors (Lipinski definition) is 1. The summed E-state index contributed by atoms with van der Waals surface area (Å²) < 4.78 is 18.2. The molecule has 4 aromatic rings. The summed E-state index contributed by atoms with van der Waals surface area (Å²) in [4.78, 5) is 12.8. The van der Waals surface area contributed by atoms with E-state index in [0.29, 0.717) is 18.0 Å². The van der Waals surface area contributed by atoms with Gasteiger partial charge in [-0.2, -0.15) is 5.26 Å². The molecule has 0 aliphatic carbocycles. The predicted octanol–water partition coefficient (Wildman–Crippen LogP) is 4.65. The first-order chi connectivity index (χ1) is 17.1. The second-order valence-corrected chi connectivity index (χ2v) is 8.12. The molecule has 0 saturated carbocycles. The van der Waals surface area contributed by atoms with E-state index in [2.05, 4.69) is 9.88 Å². The molecular formula is C28H23N3O4. The molecule has 1 aliphatic rings. The second-order valence-electron chi connectivity index (χ2n) is 8.12. The smallest absolute Gasteiger partial charge is 0.262 e. The number of benzene rings is 3. The Kier molecular flexibility index (Phi) is 6.10. The highest BCUT2D eigenvalue weighted by Gasteiger charge is 2.15. The van der Waals surface area contributed by atoms with Crippen LogP contribution in [0.2, 0.25) is 0 Å². The van der Waals surface area contributed by atoms with Crippen LogP contribution in [0.4, 0.5) is 0 Å². The van der Waals surface area contributed by atoms with Crippen molar-refractivity contribution in [1.29, 1.82) is 5.26 Å². The van der Waals surface area contributed by atoms with Crippen molar-refractivity contribution >= 4 is 22.9 Å². The third-order valence-corrected chi connectivity index (χ3v) is 5.86. The van der Waals surface area contributed by atoms with Gasteiger partial charge < -0.3 is 24.1 Å². The lowest BCUT2D eigenvalue weighted by atomic mass is 10.1. The Bertz CT molecular complexity index is 1480. The monoisotopic (exact) mass is 465 g/mol. The molecule has 0 unspecified atom stereocenters. The van der Waals surface area contributed by atoms with Gasteiger partial charge in [-0.15, -0.1) is 0 Å². The number of aromatic nitrogens is 1. The lowest BCUT2D eigenvalue weighted by Crippen LogP contribution is -2.23. The molecule has 7 heteroatoms. The zero-order valence-corrected chi connectivity index (χ0v) is 19.2. The van der Waals surface area contributed by atoms with Gasteiger partial charge in [-0.05, 0) is 47.5 Å². The van der Waals surface area contributed by atoms with Crippen molar-refractivity contribution in [2.24, 2.45) is 0 Å². The Morgan fingerprint density at radius 2 is 1.94 bits per heavy atom. The van der Waals surface area contributed by atoms with Gasteiger partial charge in [-0.25, -0.2) is 0 Å². The summed E-state index contributed by atoms with van der Waals surface area (Å²) in [5.74, 6) is 1.69. The average Bonchev–Trinajstić information content (AvgIpc) is 3.50. The molecule has 1 aliphatic heterocycles. The second kappa shape index (κ2) is 9.65. The number of carbonyl (C=O) groups is 1. The van der Waals surface area contributed by atoms with Gasteiger partial charge in [0, 0.05) is 35.8 Å². The average molecular weight is 466 g/mol. The van der Waals surface area contributed by atoms with Crippen LogP contribution in [-0.2, 0) is 17.9 Å². The first-order valence-electron chi connectivity index (χ1n) is 11.1. The fraction of sp³-hybridized carbons (Fsp3) is 0.143. The van der Waals surface area contributed by atoms with E-state index in [1.54, 1.807) is 13.2 Å². The Labute approximate surface area is 202 Å². The number of rotatable bonds is 7. The Balaban J connectivity index is 1.38. The van der Waals surface area contributed by atoms with Gasteiger partial charge in [0.2, 0.25) is 6.79 Å². The molecule has 1 N–H and O–H groups in total. The maximum Gasteiger partial charge on any atom is 0.262 e. The first-order valence-corrected chi connectivity index (χ1v) is 11.1. The van der Waals surface area contributed by atoms with Gasteiger partial charge in [0.25, 0.3) is 5.91 Å². The van der Waals surface area contributed by atoms with E-state index in [9.17, 15) is 10.1 Å². The summed E-state index contributed by atoms with van der Waals surface area (Å²) in [6, 6.07) is 23.4. The van der Waals surface area contributed by atoms with Gasteiger partial charge in [0.15, 0.2) is 11.5 Å². The number of amides is 1. The Morgan fingerprint density at radius 3 is 2.80 bits per heavy atom. The summed E-state index contributed by atoms with van der Waals surface area (Å²) in [5, 5.41) is 13.5. The van der Waals surface area contributed by atoms with E-state index in [1.807, 2.05) is 79.0 Å². The highest BCUT2D eigenvalue weighted by atomic mass is 16.7. The lowest BCUT2D eigenvalue weighted by molar-refractivity contribution is -0.117. The molecule has 0 fully saturated rings. The van der Waals surface area contributed by atoms with Gasteiger partial charge in [-0.3, -0.25) is 4.79 Å². The molecule has 1 aromatic heterocycles. The van der Waals surface area contributed by atoms with Crippen molar-refractivity contribution in [2.45, 2.75) is 13.1 Å². The van der Waals surface area contributed by atoms with Crippen molar-refractivity contribution in [3.05, 3.63) is 95.2 Å². The fourth-order valence-corrected chi connectivity index (χ4v) is 4.12. The van der Waals surface area contributed by atoms with Crippen LogP contribution in [0.5, 0.6) is 17.2 Å². The molecule has 7 nitrogen and oxygen atoms in total. The van der Waals surface area contributed by atoms with Gasteiger partial charge in [0.1, 0.15) is 17.4 Å². The van der Waals surface area contributed by atoms with E-state index < -0.39 is 5.91 Å². The number of methoxy groups -OCH3 is 1. The summed E-state index contributed by atoms with van der Waals surface area (Å²) in [6.45, 7) is 1.09. The lowest BCUT2D eigenvalue weighted by Gasteiger charge is -2.07. The molecule has 0 radical (unpaired) electrons. The third kappa shape index (κ3) is 4.68. The van der Waals surface area contributed by atoms with Crippen molar-refractivity contribution in [3.63, 3.8) is 0 Å².